The lowest BCUT2D eigenvalue weighted by atomic mass is 10.2. The first-order chi connectivity index (χ1) is 9.49. The van der Waals surface area contributed by atoms with Crippen LogP contribution in [0, 0.1) is 3.57 Å². The Morgan fingerprint density at radius 2 is 2.00 bits per heavy atom. The van der Waals surface area contributed by atoms with E-state index in [0.717, 1.165) is 0 Å². The van der Waals surface area contributed by atoms with Gasteiger partial charge in [-0.15, -0.1) is 0 Å². The minimum atomic E-state index is -6.11. The highest BCUT2D eigenvalue weighted by Gasteiger charge is 2.47. The lowest BCUT2D eigenvalue weighted by Gasteiger charge is -2.27. The summed E-state index contributed by atoms with van der Waals surface area (Å²) in [4.78, 5) is 11.8. The van der Waals surface area contributed by atoms with E-state index >= 15 is 0 Å². The molecule has 0 fully saturated rings. The lowest BCUT2D eigenvalue weighted by Crippen LogP contribution is -2.53. The summed E-state index contributed by atoms with van der Waals surface area (Å²) in [5, 5.41) is -3.43. The Balaban J connectivity index is 3.04. The van der Waals surface area contributed by atoms with Crippen LogP contribution in [0.2, 0.25) is 0 Å². The predicted molar refractivity (Wildman–Crippen MR) is 78.7 cm³/mol. The van der Waals surface area contributed by atoms with Gasteiger partial charge in [0.1, 0.15) is 12.7 Å². The van der Waals surface area contributed by atoms with E-state index < -0.39 is 34.0 Å². The molecular weight excluding hydrogens is 494 g/mol. The van der Waals surface area contributed by atoms with Crippen molar-refractivity contribution < 1.29 is 30.9 Å². The fourth-order valence-electron chi connectivity index (χ4n) is 1.31. The fraction of sp³-hybridized carbons (Fsp3) is 0.300. The maximum Gasteiger partial charge on any atom is 0.356 e. The number of alkyl halides is 3. The summed E-state index contributed by atoms with van der Waals surface area (Å²) in [5.41, 5.74) is -0.0914. The van der Waals surface area contributed by atoms with Gasteiger partial charge < -0.3 is 9.87 Å². The summed E-state index contributed by atoms with van der Waals surface area (Å²) in [6.07, 6.45) is 0. The van der Waals surface area contributed by atoms with Crippen LogP contribution in [0.1, 0.15) is 10.4 Å². The number of carbonyl (C=O) groups is 1. The normalized spacial score (nSPS) is 13.8. The fourth-order valence-corrected chi connectivity index (χ4v) is 3.38. The van der Waals surface area contributed by atoms with E-state index in [0.29, 0.717) is 8.04 Å². The second-order valence-corrected chi connectivity index (χ2v) is 7.47. The van der Waals surface area contributed by atoms with E-state index in [-0.39, 0.29) is 5.56 Å². The number of benzene rings is 1. The first kappa shape index (κ1) is 18.6. The van der Waals surface area contributed by atoms with Crippen molar-refractivity contribution in [1.29, 1.82) is 0 Å². The summed E-state index contributed by atoms with van der Waals surface area (Å²) < 4.78 is 71.5. The Morgan fingerprint density at radius 1 is 1.43 bits per heavy atom. The molecule has 0 aliphatic carbocycles. The molecule has 21 heavy (non-hydrogen) atoms. The number of halogens is 5. The van der Waals surface area contributed by atoms with Gasteiger partial charge >= 0.3 is 5.25 Å². The van der Waals surface area contributed by atoms with Gasteiger partial charge in [-0.1, -0.05) is 15.9 Å². The van der Waals surface area contributed by atoms with Gasteiger partial charge in [0.25, 0.3) is 5.91 Å². The molecule has 0 radical (unpaired) electrons. The zero-order valence-electron chi connectivity index (χ0n) is 9.95. The van der Waals surface area contributed by atoms with Gasteiger partial charge in [0, 0.05) is 13.6 Å². The van der Waals surface area contributed by atoms with E-state index in [1.165, 1.54) is 17.4 Å². The van der Waals surface area contributed by atoms with Gasteiger partial charge in [0.15, 0.2) is 10.1 Å². The van der Waals surface area contributed by atoms with Crippen LogP contribution in [0.4, 0.5) is 13.2 Å². The average molecular weight is 501 g/mol. The first-order valence-corrected chi connectivity index (χ1v) is 8.43. The van der Waals surface area contributed by atoms with E-state index in [2.05, 4.69) is 15.9 Å². The summed E-state index contributed by atoms with van der Waals surface area (Å²) >= 11 is 4.94. The number of carbonyl (C=O) groups excluding carboxylic acids is 1. The molecule has 1 atom stereocenters. The van der Waals surface area contributed by atoms with Crippen LogP contribution in [0.15, 0.2) is 22.7 Å². The lowest BCUT2D eigenvalue weighted by molar-refractivity contribution is 0.0263. The van der Waals surface area contributed by atoms with E-state index in [9.17, 15) is 30.9 Å². The quantitative estimate of drug-likeness (QED) is 0.496. The highest BCUT2D eigenvalue weighted by atomic mass is 127. The third-order valence-electron chi connectivity index (χ3n) is 2.32. The highest BCUT2D eigenvalue weighted by Crippen LogP contribution is 2.26. The minimum Gasteiger partial charge on any atom is -0.743 e. The summed E-state index contributed by atoms with van der Waals surface area (Å²) in [6, 6.07) is 1.46. The zero-order valence-corrected chi connectivity index (χ0v) is 14.5. The van der Waals surface area contributed by atoms with Crippen LogP contribution in [-0.4, -0.2) is 36.8 Å². The van der Waals surface area contributed by atoms with Gasteiger partial charge in [-0.25, -0.2) is 12.8 Å². The molecule has 118 valence electrons. The molecule has 0 saturated heterocycles. The van der Waals surface area contributed by atoms with Gasteiger partial charge in [0.2, 0.25) is 0 Å². The van der Waals surface area contributed by atoms with Crippen molar-refractivity contribution in [1.82, 2.24) is 5.32 Å². The van der Waals surface area contributed by atoms with Gasteiger partial charge in [-0.2, -0.15) is 8.78 Å². The highest BCUT2D eigenvalue weighted by molar-refractivity contribution is 14.1. The van der Waals surface area contributed by atoms with Crippen molar-refractivity contribution in [3.05, 3.63) is 31.8 Å². The zero-order chi connectivity index (χ0) is 16.4. The van der Waals surface area contributed by atoms with E-state index in [1.54, 1.807) is 6.07 Å². The molecule has 1 aromatic rings. The van der Waals surface area contributed by atoms with Gasteiger partial charge in [0.05, 0.1) is 0 Å². The number of hydrogen-bond acceptors (Lipinski definition) is 4. The second-order valence-electron chi connectivity index (χ2n) is 3.85. The van der Waals surface area contributed by atoms with Crippen molar-refractivity contribution in [2.24, 2.45) is 0 Å². The maximum absolute atomic E-state index is 13.3. The largest absolute Gasteiger partial charge is 0.743 e. The molecule has 0 aliphatic heterocycles. The van der Waals surface area contributed by atoms with Crippen LogP contribution in [0.5, 0.6) is 0 Å². The molecule has 11 heteroatoms. The molecule has 0 bridgehead atoms. The summed E-state index contributed by atoms with van der Waals surface area (Å²) in [7, 11) is -6.11. The van der Waals surface area contributed by atoms with Gasteiger partial charge in [-0.3, -0.25) is 4.79 Å². The third kappa shape index (κ3) is 4.53. The van der Waals surface area contributed by atoms with Crippen molar-refractivity contribution >= 4 is 54.5 Å². The molecule has 0 aromatic heterocycles. The minimum absolute atomic E-state index is 0.0914. The molecule has 1 aromatic carbocycles. The molecule has 0 heterocycles. The molecule has 1 unspecified atom stereocenters. The Hall–Kier alpha value is -0.400. The first-order valence-electron chi connectivity index (χ1n) is 5.15. The van der Waals surface area contributed by atoms with Crippen LogP contribution in [-0.2, 0) is 10.1 Å². The Labute approximate surface area is 140 Å². The van der Waals surface area contributed by atoms with Crippen LogP contribution in [0.3, 0.4) is 0 Å². The molecule has 1 amide bonds. The van der Waals surface area contributed by atoms with Gasteiger partial charge in [-0.05, 0) is 40.8 Å². The maximum atomic E-state index is 13.3. The molecule has 1 rings (SSSR count). The van der Waals surface area contributed by atoms with Crippen molar-refractivity contribution in [3.8, 4) is 0 Å². The number of hydrogen-bond donors (Lipinski definition) is 1. The third-order valence-corrected chi connectivity index (χ3v) is 4.36. The molecule has 1 N–H and O–H groups in total. The van der Waals surface area contributed by atoms with Crippen molar-refractivity contribution in [2.45, 2.75) is 11.3 Å². The molecule has 5 nitrogen and oxygen atoms in total. The van der Waals surface area contributed by atoms with Crippen LogP contribution >= 0.6 is 38.5 Å². The number of nitrogens with one attached hydrogen (secondary N) is 1. The summed E-state index contributed by atoms with van der Waals surface area (Å²) in [6.45, 7) is -1.91. The molecule has 0 spiro atoms. The Kier molecular flexibility index (Phi) is 6.03. The Morgan fingerprint density at radius 3 is 2.43 bits per heavy atom. The predicted octanol–water partition coefficient (Wildman–Crippen LogP) is 2.26. The smallest absolute Gasteiger partial charge is 0.356 e. The molecule has 0 aliphatic rings. The SMILES string of the molecule is O=C(NC(CF)C(F)(F)S(=O)(=O)[O-])c1cc(Br)cc(I)c1. The van der Waals surface area contributed by atoms with Crippen molar-refractivity contribution in [3.63, 3.8) is 0 Å². The van der Waals surface area contributed by atoms with E-state index in [1.807, 2.05) is 22.6 Å². The van der Waals surface area contributed by atoms with Crippen LogP contribution < -0.4 is 5.32 Å². The monoisotopic (exact) mass is 500 g/mol. The molecular formula is C10H7BrF3INO4S-. The molecule has 0 saturated carbocycles. The second kappa shape index (κ2) is 6.79. The standard InChI is InChI=1S/C10H8BrF3INO4S/c11-6-1-5(2-7(15)3-6)9(17)16-8(4-12)10(13,14)21(18,19)20/h1-3,8H,4H2,(H,16,17)(H,18,19,20)/p-1. The topological polar surface area (TPSA) is 86.3 Å². The summed E-state index contributed by atoms with van der Waals surface area (Å²) in [5.74, 6) is -1.12. The average Bonchev–Trinajstić information content (AvgIpc) is 2.32. The van der Waals surface area contributed by atoms with Crippen molar-refractivity contribution in [2.75, 3.05) is 6.67 Å². The number of amides is 1. The number of rotatable bonds is 5. The van der Waals surface area contributed by atoms with E-state index in [4.69, 9.17) is 0 Å². The van der Waals surface area contributed by atoms with Crippen LogP contribution in [0.25, 0.3) is 0 Å². The Bertz CT molecular complexity index is 635.